The fourth-order valence-corrected chi connectivity index (χ4v) is 2.83. The van der Waals surface area contributed by atoms with Crippen molar-refractivity contribution >= 4 is 23.6 Å². The van der Waals surface area contributed by atoms with Gasteiger partial charge in [-0.3, -0.25) is 9.59 Å². The molecule has 1 atom stereocenters. The molecule has 0 aliphatic rings. The summed E-state index contributed by atoms with van der Waals surface area (Å²) in [6.45, 7) is 2.24. The summed E-state index contributed by atoms with van der Waals surface area (Å²) in [5, 5.41) is 5.55. The van der Waals surface area contributed by atoms with Crippen molar-refractivity contribution in [3.8, 4) is 5.75 Å². The number of aryl methyl sites for hydroxylation is 1. The van der Waals surface area contributed by atoms with Crippen molar-refractivity contribution in [2.45, 2.75) is 25.8 Å². The first-order valence-corrected chi connectivity index (χ1v) is 10.1. The molecule has 160 valence electrons. The predicted molar refractivity (Wildman–Crippen MR) is 122 cm³/mol. The molecule has 2 rings (SSSR count). The molecule has 2 aromatic carbocycles. The van der Waals surface area contributed by atoms with Crippen molar-refractivity contribution in [1.29, 1.82) is 0 Å². The minimum Gasteiger partial charge on any atom is -0.497 e. The van der Waals surface area contributed by atoms with Gasteiger partial charge in [0.15, 0.2) is 0 Å². The SMILES string of the molecule is COc1ccc(/C=C/C(=O)NC(C)C(=O)NCCCc2ccc(N(C)C)cc2)cc1. The summed E-state index contributed by atoms with van der Waals surface area (Å²) in [6.07, 6.45) is 4.84. The molecule has 0 fully saturated rings. The number of hydrogen-bond donors (Lipinski definition) is 2. The van der Waals surface area contributed by atoms with E-state index in [1.54, 1.807) is 20.1 Å². The first-order chi connectivity index (χ1) is 14.4. The molecule has 30 heavy (non-hydrogen) atoms. The number of nitrogens with one attached hydrogen (secondary N) is 2. The van der Waals surface area contributed by atoms with Crippen LogP contribution in [-0.2, 0) is 16.0 Å². The van der Waals surface area contributed by atoms with E-state index in [-0.39, 0.29) is 11.8 Å². The quantitative estimate of drug-likeness (QED) is 0.467. The summed E-state index contributed by atoms with van der Waals surface area (Å²) in [6, 6.07) is 15.1. The third-order valence-electron chi connectivity index (χ3n) is 4.69. The fourth-order valence-electron chi connectivity index (χ4n) is 2.83. The summed E-state index contributed by atoms with van der Waals surface area (Å²) < 4.78 is 5.10. The molecule has 0 aromatic heterocycles. The Hall–Kier alpha value is -3.28. The highest BCUT2D eigenvalue weighted by Gasteiger charge is 2.13. The molecule has 1 unspecified atom stereocenters. The van der Waals surface area contributed by atoms with Gasteiger partial charge >= 0.3 is 0 Å². The van der Waals surface area contributed by atoms with Gasteiger partial charge in [0.1, 0.15) is 11.8 Å². The molecule has 6 nitrogen and oxygen atoms in total. The average molecular weight is 410 g/mol. The van der Waals surface area contributed by atoms with Crippen LogP contribution >= 0.6 is 0 Å². The van der Waals surface area contributed by atoms with Crippen LogP contribution in [0.3, 0.4) is 0 Å². The number of carbonyl (C=O) groups is 2. The zero-order valence-electron chi connectivity index (χ0n) is 18.1. The van der Waals surface area contributed by atoms with Crippen LogP contribution in [-0.4, -0.2) is 45.6 Å². The number of methoxy groups -OCH3 is 1. The second-order valence-corrected chi connectivity index (χ2v) is 7.29. The standard InChI is InChI=1S/C24H31N3O3/c1-18(26-23(28)16-11-20-9-14-22(30-4)15-10-20)24(29)25-17-5-6-19-7-12-21(13-8-19)27(2)3/h7-16,18H,5-6,17H2,1-4H3,(H,25,29)(H,26,28)/b16-11+. The Morgan fingerprint density at radius 3 is 2.33 bits per heavy atom. The number of ether oxygens (including phenoxy) is 1. The smallest absolute Gasteiger partial charge is 0.244 e. The van der Waals surface area contributed by atoms with Crippen LogP contribution in [0.4, 0.5) is 5.69 Å². The molecule has 0 heterocycles. The zero-order valence-corrected chi connectivity index (χ0v) is 18.1. The maximum Gasteiger partial charge on any atom is 0.244 e. The van der Waals surface area contributed by atoms with Gasteiger partial charge in [-0.15, -0.1) is 0 Å². The van der Waals surface area contributed by atoms with Gasteiger partial charge in [-0.25, -0.2) is 0 Å². The lowest BCUT2D eigenvalue weighted by molar-refractivity contribution is -0.126. The largest absolute Gasteiger partial charge is 0.497 e. The number of rotatable bonds is 10. The molecule has 0 aliphatic carbocycles. The molecule has 0 spiro atoms. The summed E-state index contributed by atoms with van der Waals surface area (Å²) in [5.74, 6) is 0.256. The second kappa shape index (κ2) is 11.7. The molecule has 0 saturated carbocycles. The lowest BCUT2D eigenvalue weighted by Gasteiger charge is -2.14. The van der Waals surface area contributed by atoms with E-state index in [0.717, 1.165) is 29.8 Å². The van der Waals surface area contributed by atoms with Gasteiger partial charge in [0, 0.05) is 32.4 Å². The minimum atomic E-state index is -0.600. The van der Waals surface area contributed by atoms with Crippen LogP contribution in [0.5, 0.6) is 5.75 Å². The molecule has 6 heteroatoms. The van der Waals surface area contributed by atoms with Gasteiger partial charge in [0.25, 0.3) is 0 Å². The van der Waals surface area contributed by atoms with E-state index >= 15 is 0 Å². The number of anilines is 1. The summed E-state index contributed by atoms with van der Waals surface area (Å²) in [5.41, 5.74) is 3.28. The topological polar surface area (TPSA) is 70.7 Å². The number of amides is 2. The molecule has 2 amide bonds. The van der Waals surface area contributed by atoms with Crippen LogP contribution in [0.2, 0.25) is 0 Å². The summed E-state index contributed by atoms with van der Waals surface area (Å²) >= 11 is 0. The van der Waals surface area contributed by atoms with Gasteiger partial charge in [0.05, 0.1) is 7.11 Å². The van der Waals surface area contributed by atoms with Crippen molar-refractivity contribution in [2.24, 2.45) is 0 Å². The molecule has 0 saturated heterocycles. The Morgan fingerprint density at radius 2 is 1.73 bits per heavy atom. The molecule has 0 bridgehead atoms. The highest BCUT2D eigenvalue weighted by Crippen LogP contribution is 2.13. The van der Waals surface area contributed by atoms with Gasteiger partial charge in [-0.2, -0.15) is 0 Å². The van der Waals surface area contributed by atoms with Gasteiger partial charge < -0.3 is 20.3 Å². The third-order valence-corrected chi connectivity index (χ3v) is 4.69. The number of benzene rings is 2. The number of hydrogen-bond acceptors (Lipinski definition) is 4. The predicted octanol–water partition coefficient (Wildman–Crippen LogP) is 3.03. The van der Waals surface area contributed by atoms with Crippen molar-refractivity contribution in [3.05, 3.63) is 65.7 Å². The van der Waals surface area contributed by atoms with Crippen LogP contribution in [0.25, 0.3) is 6.08 Å². The Kier molecular flexibility index (Phi) is 8.94. The maximum atomic E-state index is 12.2. The Bertz CT molecular complexity index is 843. The molecular formula is C24H31N3O3. The molecule has 2 aromatic rings. The first-order valence-electron chi connectivity index (χ1n) is 10.1. The van der Waals surface area contributed by atoms with E-state index in [0.29, 0.717) is 6.54 Å². The van der Waals surface area contributed by atoms with E-state index < -0.39 is 6.04 Å². The Morgan fingerprint density at radius 1 is 1.07 bits per heavy atom. The molecule has 2 N–H and O–H groups in total. The van der Waals surface area contributed by atoms with E-state index in [1.807, 2.05) is 38.4 Å². The van der Waals surface area contributed by atoms with Crippen LogP contribution < -0.4 is 20.3 Å². The van der Waals surface area contributed by atoms with Gasteiger partial charge in [-0.1, -0.05) is 24.3 Å². The lowest BCUT2D eigenvalue weighted by Crippen LogP contribution is -2.44. The van der Waals surface area contributed by atoms with Crippen molar-refractivity contribution in [3.63, 3.8) is 0 Å². The van der Waals surface area contributed by atoms with Crippen LogP contribution in [0.15, 0.2) is 54.6 Å². The van der Waals surface area contributed by atoms with Crippen molar-refractivity contribution in [1.82, 2.24) is 10.6 Å². The first kappa shape index (κ1) is 23.0. The van der Waals surface area contributed by atoms with E-state index in [9.17, 15) is 9.59 Å². The van der Waals surface area contributed by atoms with Crippen LogP contribution in [0.1, 0.15) is 24.5 Å². The summed E-state index contributed by atoms with van der Waals surface area (Å²) in [7, 11) is 5.63. The second-order valence-electron chi connectivity index (χ2n) is 7.29. The molecule has 0 aliphatic heterocycles. The number of carbonyl (C=O) groups excluding carboxylic acids is 2. The normalized spacial score (nSPS) is 11.7. The van der Waals surface area contributed by atoms with Crippen molar-refractivity contribution in [2.75, 3.05) is 32.6 Å². The average Bonchev–Trinajstić information content (AvgIpc) is 2.75. The fraction of sp³-hybridized carbons (Fsp3) is 0.333. The lowest BCUT2D eigenvalue weighted by atomic mass is 10.1. The van der Waals surface area contributed by atoms with E-state index in [1.165, 1.54) is 11.6 Å². The Labute approximate surface area is 178 Å². The highest BCUT2D eigenvalue weighted by atomic mass is 16.5. The monoisotopic (exact) mass is 409 g/mol. The third kappa shape index (κ3) is 7.62. The van der Waals surface area contributed by atoms with Gasteiger partial charge in [0.2, 0.25) is 11.8 Å². The molecule has 0 radical (unpaired) electrons. The maximum absolute atomic E-state index is 12.2. The number of nitrogens with zero attached hydrogens (tertiary/aromatic N) is 1. The Balaban J connectivity index is 1.69. The van der Waals surface area contributed by atoms with Crippen molar-refractivity contribution < 1.29 is 14.3 Å². The minimum absolute atomic E-state index is 0.191. The van der Waals surface area contributed by atoms with E-state index in [2.05, 4.69) is 39.8 Å². The zero-order chi connectivity index (χ0) is 21.9. The van der Waals surface area contributed by atoms with Gasteiger partial charge in [-0.05, 0) is 61.2 Å². The van der Waals surface area contributed by atoms with Crippen LogP contribution in [0, 0.1) is 0 Å². The van der Waals surface area contributed by atoms with E-state index in [4.69, 9.17) is 4.74 Å². The molecular weight excluding hydrogens is 378 g/mol. The highest BCUT2D eigenvalue weighted by molar-refractivity contribution is 5.95. The summed E-state index contributed by atoms with van der Waals surface area (Å²) in [4.78, 5) is 26.3.